The summed E-state index contributed by atoms with van der Waals surface area (Å²) in [5, 5.41) is 0.735. The van der Waals surface area contributed by atoms with E-state index in [0.29, 0.717) is 6.04 Å². The van der Waals surface area contributed by atoms with Crippen LogP contribution in [-0.4, -0.2) is 15.1 Å². The van der Waals surface area contributed by atoms with Gasteiger partial charge in [-0.25, -0.2) is 4.98 Å². The van der Waals surface area contributed by atoms with E-state index in [1.807, 2.05) is 12.1 Å². The highest BCUT2D eigenvalue weighted by molar-refractivity contribution is 6.31. The molecule has 0 atom stereocenters. The number of fused-ring (bicyclic) bond motifs is 1. The van der Waals surface area contributed by atoms with Crippen LogP contribution in [0.1, 0.15) is 45.0 Å². The first-order valence-electron chi connectivity index (χ1n) is 6.94. The average Bonchev–Trinajstić information content (AvgIpc) is 2.63. The molecular weight excluding hydrogens is 258 g/mol. The number of benzene rings is 1. The third-order valence-electron chi connectivity index (χ3n) is 4.10. The second-order valence-electron chi connectivity index (χ2n) is 6.02. The van der Waals surface area contributed by atoms with Crippen LogP contribution in [0.4, 0.5) is 0 Å². The molecule has 3 rings (SSSR count). The van der Waals surface area contributed by atoms with Gasteiger partial charge in [-0.05, 0) is 51.3 Å². The zero-order chi connectivity index (χ0) is 13.6. The van der Waals surface area contributed by atoms with E-state index in [4.69, 9.17) is 22.3 Å². The van der Waals surface area contributed by atoms with Crippen molar-refractivity contribution in [3.05, 3.63) is 29.0 Å². The summed E-state index contributed by atoms with van der Waals surface area (Å²) >= 11 is 6.06. The van der Waals surface area contributed by atoms with Crippen LogP contribution >= 0.6 is 11.6 Å². The first-order chi connectivity index (χ1) is 8.98. The van der Waals surface area contributed by atoms with Crippen molar-refractivity contribution in [2.45, 2.75) is 51.1 Å². The highest BCUT2D eigenvalue weighted by Gasteiger charge is 2.34. The van der Waals surface area contributed by atoms with Crippen molar-refractivity contribution in [3.8, 4) is 0 Å². The van der Waals surface area contributed by atoms with Crippen LogP contribution in [0.2, 0.25) is 5.02 Å². The minimum Gasteiger partial charge on any atom is -0.325 e. The fourth-order valence-electron chi connectivity index (χ4n) is 2.95. The van der Waals surface area contributed by atoms with Gasteiger partial charge in [0, 0.05) is 23.0 Å². The SMILES string of the molecule is CC(C)n1c(CC2(N)CCC2)nc2cc(Cl)ccc21. The van der Waals surface area contributed by atoms with Gasteiger partial charge in [0.2, 0.25) is 0 Å². The van der Waals surface area contributed by atoms with Crippen molar-refractivity contribution >= 4 is 22.6 Å². The average molecular weight is 278 g/mol. The second kappa shape index (κ2) is 4.50. The first kappa shape index (κ1) is 12.9. The van der Waals surface area contributed by atoms with E-state index in [0.717, 1.165) is 41.1 Å². The summed E-state index contributed by atoms with van der Waals surface area (Å²) in [7, 11) is 0. The maximum absolute atomic E-state index is 6.38. The highest BCUT2D eigenvalue weighted by atomic mass is 35.5. The van der Waals surface area contributed by atoms with Crippen molar-refractivity contribution in [2.75, 3.05) is 0 Å². The van der Waals surface area contributed by atoms with E-state index in [1.165, 1.54) is 6.42 Å². The van der Waals surface area contributed by atoms with Gasteiger partial charge in [0.05, 0.1) is 11.0 Å². The van der Waals surface area contributed by atoms with E-state index >= 15 is 0 Å². The molecule has 0 aliphatic heterocycles. The number of halogens is 1. The molecule has 0 bridgehead atoms. The minimum absolute atomic E-state index is 0.0438. The van der Waals surface area contributed by atoms with Gasteiger partial charge in [0.15, 0.2) is 0 Å². The van der Waals surface area contributed by atoms with Crippen LogP contribution in [0.3, 0.4) is 0 Å². The van der Waals surface area contributed by atoms with Crippen LogP contribution in [0, 0.1) is 0 Å². The molecule has 1 aromatic heterocycles. The molecule has 3 nitrogen and oxygen atoms in total. The molecule has 2 N–H and O–H groups in total. The predicted molar refractivity (Wildman–Crippen MR) is 79.6 cm³/mol. The summed E-state index contributed by atoms with van der Waals surface area (Å²) in [4.78, 5) is 4.76. The summed E-state index contributed by atoms with van der Waals surface area (Å²) in [5.74, 6) is 1.09. The first-order valence-corrected chi connectivity index (χ1v) is 7.32. The van der Waals surface area contributed by atoms with E-state index in [2.05, 4.69) is 24.5 Å². The molecular formula is C15H20ClN3. The Morgan fingerprint density at radius 1 is 1.42 bits per heavy atom. The predicted octanol–water partition coefficient (Wildman–Crippen LogP) is 3.69. The Bertz CT molecular complexity index is 611. The normalized spacial score (nSPS) is 17.9. The largest absolute Gasteiger partial charge is 0.325 e. The highest BCUT2D eigenvalue weighted by Crippen LogP contribution is 2.34. The maximum atomic E-state index is 6.38. The second-order valence-corrected chi connectivity index (χ2v) is 6.45. The van der Waals surface area contributed by atoms with E-state index in [-0.39, 0.29) is 5.54 Å². The molecule has 1 aliphatic rings. The lowest BCUT2D eigenvalue weighted by Gasteiger charge is -2.38. The molecule has 0 unspecified atom stereocenters. The number of hydrogen-bond donors (Lipinski definition) is 1. The van der Waals surface area contributed by atoms with Gasteiger partial charge in [-0.15, -0.1) is 0 Å². The third-order valence-corrected chi connectivity index (χ3v) is 4.34. The van der Waals surface area contributed by atoms with Gasteiger partial charge in [-0.3, -0.25) is 0 Å². The monoisotopic (exact) mass is 277 g/mol. The van der Waals surface area contributed by atoms with Crippen molar-refractivity contribution in [1.82, 2.24) is 9.55 Å². The zero-order valence-electron chi connectivity index (χ0n) is 11.5. The van der Waals surface area contributed by atoms with Crippen LogP contribution in [-0.2, 0) is 6.42 Å². The Morgan fingerprint density at radius 3 is 2.74 bits per heavy atom. The molecule has 2 aromatic rings. The van der Waals surface area contributed by atoms with Gasteiger partial charge < -0.3 is 10.3 Å². The Balaban J connectivity index is 2.09. The van der Waals surface area contributed by atoms with Gasteiger partial charge in [-0.1, -0.05) is 11.6 Å². The summed E-state index contributed by atoms with van der Waals surface area (Å²) in [6.07, 6.45) is 4.31. The molecule has 0 radical (unpaired) electrons. The Labute approximate surface area is 118 Å². The zero-order valence-corrected chi connectivity index (χ0v) is 12.2. The molecule has 4 heteroatoms. The van der Waals surface area contributed by atoms with Gasteiger partial charge >= 0.3 is 0 Å². The molecule has 0 amide bonds. The topological polar surface area (TPSA) is 43.8 Å². The molecule has 0 saturated heterocycles. The van der Waals surface area contributed by atoms with E-state index in [9.17, 15) is 0 Å². The van der Waals surface area contributed by atoms with Crippen LogP contribution < -0.4 is 5.73 Å². The molecule has 1 fully saturated rings. The van der Waals surface area contributed by atoms with Crippen LogP contribution in [0.25, 0.3) is 11.0 Å². The van der Waals surface area contributed by atoms with Crippen molar-refractivity contribution < 1.29 is 0 Å². The maximum Gasteiger partial charge on any atom is 0.111 e. The molecule has 1 aromatic carbocycles. The number of hydrogen-bond acceptors (Lipinski definition) is 2. The van der Waals surface area contributed by atoms with Crippen molar-refractivity contribution in [3.63, 3.8) is 0 Å². The van der Waals surface area contributed by atoms with Crippen molar-refractivity contribution in [1.29, 1.82) is 0 Å². The molecule has 0 spiro atoms. The number of aromatic nitrogens is 2. The van der Waals surface area contributed by atoms with E-state index in [1.54, 1.807) is 0 Å². The lowest BCUT2D eigenvalue weighted by molar-refractivity contribution is 0.240. The third kappa shape index (κ3) is 2.26. The molecule has 19 heavy (non-hydrogen) atoms. The summed E-state index contributed by atoms with van der Waals surface area (Å²) in [5.41, 5.74) is 8.45. The number of rotatable bonds is 3. The number of nitrogens with zero attached hydrogens (tertiary/aromatic N) is 2. The fourth-order valence-corrected chi connectivity index (χ4v) is 3.11. The van der Waals surface area contributed by atoms with Crippen LogP contribution in [0.5, 0.6) is 0 Å². The fraction of sp³-hybridized carbons (Fsp3) is 0.533. The molecule has 102 valence electrons. The van der Waals surface area contributed by atoms with Crippen molar-refractivity contribution in [2.24, 2.45) is 5.73 Å². The Hall–Kier alpha value is -1.06. The minimum atomic E-state index is -0.0438. The van der Waals surface area contributed by atoms with Gasteiger partial charge in [-0.2, -0.15) is 0 Å². The smallest absolute Gasteiger partial charge is 0.111 e. The Kier molecular flexibility index (Phi) is 3.06. The summed E-state index contributed by atoms with van der Waals surface area (Å²) < 4.78 is 2.29. The summed E-state index contributed by atoms with van der Waals surface area (Å²) in [6.45, 7) is 4.37. The summed E-state index contributed by atoms with van der Waals surface area (Å²) in [6, 6.07) is 6.29. The number of nitrogens with two attached hydrogens (primary N) is 1. The quantitative estimate of drug-likeness (QED) is 0.930. The molecule has 1 saturated carbocycles. The lowest BCUT2D eigenvalue weighted by Crippen LogP contribution is -2.49. The van der Waals surface area contributed by atoms with Gasteiger partial charge in [0.25, 0.3) is 0 Å². The molecule has 1 aliphatic carbocycles. The van der Waals surface area contributed by atoms with E-state index < -0.39 is 0 Å². The number of imidazole rings is 1. The van der Waals surface area contributed by atoms with Gasteiger partial charge in [0.1, 0.15) is 5.82 Å². The lowest BCUT2D eigenvalue weighted by atomic mass is 9.75. The molecule has 1 heterocycles. The Morgan fingerprint density at radius 2 is 2.16 bits per heavy atom. The van der Waals surface area contributed by atoms with Crippen LogP contribution in [0.15, 0.2) is 18.2 Å². The standard InChI is InChI=1S/C15H20ClN3/c1-10(2)19-13-5-4-11(16)8-12(13)18-14(19)9-15(17)6-3-7-15/h4-5,8,10H,3,6-7,9,17H2,1-2H3.